The lowest BCUT2D eigenvalue weighted by Crippen LogP contribution is -2.35. The fraction of sp³-hybridized carbons (Fsp3) is 0.429. The van der Waals surface area contributed by atoms with Gasteiger partial charge in [-0.05, 0) is 49.6 Å². The minimum atomic E-state index is 0.654. The first-order valence-electron chi connectivity index (χ1n) is 6.32. The molecule has 2 aromatic rings. The van der Waals surface area contributed by atoms with Crippen LogP contribution >= 0.6 is 15.9 Å². The molecule has 1 aliphatic rings. The van der Waals surface area contributed by atoms with E-state index in [-0.39, 0.29) is 0 Å². The number of rotatable bonds is 2. The van der Waals surface area contributed by atoms with Gasteiger partial charge in [0.15, 0.2) is 0 Å². The Morgan fingerprint density at radius 2 is 2.24 bits per heavy atom. The monoisotopic (exact) mass is 292 g/mol. The highest BCUT2D eigenvalue weighted by molar-refractivity contribution is 9.10. The summed E-state index contributed by atoms with van der Waals surface area (Å²) >= 11 is 3.55. The van der Waals surface area contributed by atoms with Crippen LogP contribution in [-0.2, 0) is 6.42 Å². The minimum Gasteiger partial charge on any atom is -0.361 e. The molecule has 0 bridgehead atoms. The first-order chi connectivity index (χ1) is 8.33. The predicted octanol–water partition coefficient (Wildman–Crippen LogP) is 3.62. The van der Waals surface area contributed by atoms with Gasteiger partial charge in [0, 0.05) is 27.6 Å². The summed E-state index contributed by atoms with van der Waals surface area (Å²) in [6.07, 6.45) is 7.30. The Hall–Kier alpha value is -0.800. The van der Waals surface area contributed by atoms with Gasteiger partial charge in [-0.1, -0.05) is 22.4 Å². The lowest BCUT2D eigenvalue weighted by atomic mass is 9.97. The number of aromatic nitrogens is 1. The average Bonchev–Trinajstić information content (AvgIpc) is 2.73. The van der Waals surface area contributed by atoms with Crippen LogP contribution in [0.1, 0.15) is 24.8 Å². The van der Waals surface area contributed by atoms with Gasteiger partial charge in [0.25, 0.3) is 0 Å². The van der Waals surface area contributed by atoms with Crippen molar-refractivity contribution in [2.24, 2.45) is 0 Å². The average molecular weight is 293 g/mol. The molecule has 1 aromatic carbocycles. The third kappa shape index (κ3) is 2.40. The van der Waals surface area contributed by atoms with Crippen LogP contribution in [0.2, 0.25) is 0 Å². The number of nitrogens with one attached hydrogen (secondary N) is 2. The molecule has 1 atom stereocenters. The number of piperidine rings is 1. The lowest BCUT2D eigenvalue weighted by molar-refractivity contribution is 0.400. The van der Waals surface area contributed by atoms with E-state index in [4.69, 9.17) is 0 Å². The molecule has 1 saturated heterocycles. The molecule has 1 unspecified atom stereocenters. The van der Waals surface area contributed by atoms with E-state index in [2.05, 4.69) is 50.6 Å². The molecule has 17 heavy (non-hydrogen) atoms. The van der Waals surface area contributed by atoms with E-state index >= 15 is 0 Å². The number of benzene rings is 1. The Morgan fingerprint density at radius 1 is 1.29 bits per heavy atom. The lowest BCUT2D eigenvalue weighted by Gasteiger charge is -2.23. The quantitative estimate of drug-likeness (QED) is 0.869. The van der Waals surface area contributed by atoms with Crippen molar-refractivity contribution in [2.45, 2.75) is 31.7 Å². The topological polar surface area (TPSA) is 27.8 Å². The van der Waals surface area contributed by atoms with E-state index in [0.717, 1.165) is 10.9 Å². The van der Waals surface area contributed by atoms with Crippen LogP contribution in [0.3, 0.4) is 0 Å². The summed E-state index contributed by atoms with van der Waals surface area (Å²) in [5.74, 6) is 0. The van der Waals surface area contributed by atoms with Gasteiger partial charge in [-0.25, -0.2) is 0 Å². The zero-order valence-electron chi connectivity index (χ0n) is 9.80. The second-order valence-corrected chi connectivity index (χ2v) is 5.77. The number of halogens is 1. The summed E-state index contributed by atoms with van der Waals surface area (Å²) in [5.41, 5.74) is 2.67. The minimum absolute atomic E-state index is 0.654. The third-order valence-corrected chi connectivity index (χ3v) is 4.10. The van der Waals surface area contributed by atoms with Crippen LogP contribution in [0, 0.1) is 0 Å². The van der Waals surface area contributed by atoms with Crippen molar-refractivity contribution >= 4 is 26.8 Å². The van der Waals surface area contributed by atoms with Crippen LogP contribution in [0.5, 0.6) is 0 Å². The van der Waals surface area contributed by atoms with Crippen molar-refractivity contribution in [1.29, 1.82) is 0 Å². The molecule has 2 heterocycles. The zero-order chi connectivity index (χ0) is 11.7. The molecule has 0 saturated carbocycles. The number of aromatic amines is 1. The molecule has 1 aliphatic heterocycles. The van der Waals surface area contributed by atoms with Crippen molar-refractivity contribution in [3.05, 3.63) is 34.4 Å². The molecule has 1 aromatic heterocycles. The molecule has 3 heteroatoms. The SMILES string of the molecule is Brc1ccc2[nH]cc(CC3CCCCN3)c2c1. The van der Waals surface area contributed by atoms with Crippen molar-refractivity contribution in [1.82, 2.24) is 10.3 Å². The first-order valence-corrected chi connectivity index (χ1v) is 7.11. The van der Waals surface area contributed by atoms with Gasteiger partial charge >= 0.3 is 0 Å². The van der Waals surface area contributed by atoms with E-state index in [9.17, 15) is 0 Å². The maximum Gasteiger partial charge on any atom is 0.0457 e. The maximum absolute atomic E-state index is 3.61. The van der Waals surface area contributed by atoms with Crippen LogP contribution in [0.4, 0.5) is 0 Å². The number of fused-ring (bicyclic) bond motifs is 1. The van der Waals surface area contributed by atoms with E-state index in [0.29, 0.717) is 6.04 Å². The molecule has 90 valence electrons. The van der Waals surface area contributed by atoms with Gasteiger partial charge in [-0.15, -0.1) is 0 Å². The van der Waals surface area contributed by atoms with Gasteiger partial charge in [0.05, 0.1) is 0 Å². The second kappa shape index (κ2) is 4.83. The van der Waals surface area contributed by atoms with E-state index in [1.54, 1.807) is 0 Å². The van der Waals surface area contributed by atoms with E-state index in [1.165, 1.54) is 42.3 Å². The van der Waals surface area contributed by atoms with Crippen LogP contribution in [0.15, 0.2) is 28.9 Å². The summed E-state index contributed by atoms with van der Waals surface area (Å²) in [7, 11) is 0. The number of hydrogen-bond acceptors (Lipinski definition) is 1. The first kappa shape index (κ1) is 11.3. The van der Waals surface area contributed by atoms with Gasteiger partial charge in [0.2, 0.25) is 0 Å². The Morgan fingerprint density at radius 3 is 3.06 bits per heavy atom. The summed E-state index contributed by atoms with van der Waals surface area (Å²) in [6.45, 7) is 1.18. The Bertz CT molecular complexity index is 512. The van der Waals surface area contributed by atoms with Crippen molar-refractivity contribution in [3.8, 4) is 0 Å². The maximum atomic E-state index is 3.61. The summed E-state index contributed by atoms with van der Waals surface area (Å²) in [4.78, 5) is 3.36. The summed E-state index contributed by atoms with van der Waals surface area (Å²) in [6, 6.07) is 7.09. The summed E-state index contributed by atoms with van der Waals surface area (Å²) < 4.78 is 1.16. The van der Waals surface area contributed by atoms with Crippen molar-refractivity contribution in [2.75, 3.05) is 6.54 Å². The fourth-order valence-electron chi connectivity index (χ4n) is 2.68. The predicted molar refractivity (Wildman–Crippen MR) is 75.3 cm³/mol. The van der Waals surface area contributed by atoms with E-state index in [1.807, 2.05) is 0 Å². The van der Waals surface area contributed by atoms with Crippen LogP contribution in [-0.4, -0.2) is 17.6 Å². The Balaban J connectivity index is 1.86. The molecular formula is C14H17BrN2. The third-order valence-electron chi connectivity index (χ3n) is 3.61. The normalized spacial score (nSPS) is 20.9. The highest BCUT2D eigenvalue weighted by Crippen LogP contribution is 2.24. The van der Waals surface area contributed by atoms with Crippen molar-refractivity contribution < 1.29 is 0 Å². The van der Waals surface area contributed by atoms with Crippen molar-refractivity contribution in [3.63, 3.8) is 0 Å². The molecule has 1 fully saturated rings. The van der Waals surface area contributed by atoms with Gasteiger partial charge in [0.1, 0.15) is 0 Å². The van der Waals surface area contributed by atoms with Crippen LogP contribution < -0.4 is 5.32 Å². The number of H-pyrrole nitrogens is 1. The highest BCUT2D eigenvalue weighted by Gasteiger charge is 2.15. The Kier molecular flexibility index (Phi) is 3.21. The molecule has 2 nitrogen and oxygen atoms in total. The van der Waals surface area contributed by atoms with Gasteiger partial charge < -0.3 is 10.3 Å². The van der Waals surface area contributed by atoms with Gasteiger partial charge in [-0.2, -0.15) is 0 Å². The van der Waals surface area contributed by atoms with Gasteiger partial charge in [-0.3, -0.25) is 0 Å². The largest absolute Gasteiger partial charge is 0.361 e. The zero-order valence-corrected chi connectivity index (χ0v) is 11.4. The van der Waals surface area contributed by atoms with E-state index < -0.39 is 0 Å². The van der Waals surface area contributed by atoms with Crippen LogP contribution in [0.25, 0.3) is 10.9 Å². The summed E-state index contributed by atoms with van der Waals surface area (Å²) in [5, 5.41) is 4.96. The molecule has 3 rings (SSSR count). The highest BCUT2D eigenvalue weighted by atomic mass is 79.9. The molecule has 0 spiro atoms. The fourth-order valence-corrected chi connectivity index (χ4v) is 3.04. The Labute approximate surface area is 110 Å². The molecule has 0 amide bonds. The molecule has 2 N–H and O–H groups in total. The second-order valence-electron chi connectivity index (χ2n) is 4.85. The molecule has 0 radical (unpaired) electrons. The smallest absolute Gasteiger partial charge is 0.0457 e. The standard InChI is InChI=1S/C14H17BrN2/c15-11-4-5-14-13(8-11)10(9-17-14)7-12-3-1-2-6-16-12/h4-5,8-9,12,16-17H,1-3,6-7H2. The molecular weight excluding hydrogens is 276 g/mol. The molecule has 0 aliphatic carbocycles. The number of hydrogen-bond donors (Lipinski definition) is 2.